The van der Waals surface area contributed by atoms with Gasteiger partial charge in [0.1, 0.15) is 17.3 Å². The van der Waals surface area contributed by atoms with E-state index in [-0.39, 0.29) is 49.7 Å². The molecule has 1 N–H and O–H groups in total. The molecule has 0 unspecified atom stereocenters. The van der Waals surface area contributed by atoms with Crippen molar-refractivity contribution in [1.29, 1.82) is 0 Å². The van der Waals surface area contributed by atoms with Crippen molar-refractivity contribution < 1.29 is 75.4 Å². The summed E-state index contributed by atoms with van der Waals surface area (Å²) in [6, 6.07) is 0. The standard InChI is InChI=1S/3C6H10O3.C3H8O.Zr/c3*1-2-3-5(7)4-6(8)9;1-3(2)4;/h3*2-4H2,1H3,(H,8,9);3-4H,1-2H3;/q;;;;+3/p-3. The third-order valence-electron chi connectivity index (χ3n) is 2.61. The smallest absolute Gasteiger partial charge is 0.550 e. The molecular formula is C21H35O10Zr. The number of hydrogen-bond acceptors (Lipinski definition) is 10. The number of carboxylic acids is 3. The molecule has 10 nitrogen and oxygen atoms in total. The number of ketones is 3. The molecule has 0 aromatic heterocycles. The van der Waals surface area contributed by atoms with Crippen LogP contribution in [0.4, 0.5) is 0 Å². The number of aliphatic carboxylic acids is 3. The maximum Gasteiger partial charge on any atom is 3.00 e. The third-order valence-corrected chi connectivity index (χ3v) is 2.61. The van der Waals surface area contributed by atoms with Gasteiger partial charge in [-0.3, -0.25) is 14.4 Å². The fourth-order valence-corrected chi connectivity index (χ4v) is 1.58. The Kier molecular flexibility index (Phi) is 37.1. The van der Waals surface area contributed by atoms with Crippen molar-refractivity contribution in [1.82, 2.24) is 0 Å². The minimum atomic E-state index is -1.28. The molecule has 1 radical (unpaired) electrons. The predicted molar refractivity (Wildman–Crippen MR) is 106 cm³/mol. The fourth-order valence-electron chi connectivity index (χ4n) is 1.58. The Morgan fingerprint density at radius 3 is 0.844 bits per heavy atom. The number of aliphatic hydroxyl groups is 1. The first-order valence-corrected chi connectivity index (χ1v) is 10.1. The van der Waals surface area contributed by atoms with Gasteiger partial charge in [0.15, 0.2) is 0 Å². The average Bonchev–Trinajstić information content (AvgIpc) is 2.53. The van der Waals surface area contributed by atoms with Crippen LogP contribution in [-0.4, -0.2) is 46.5 Å². The molecule has 0 aromatic carbocycles. The first-order chi connectivity index (χ1) is 14.2. The molecule has 0 atom stereocenters. The van der Waals surface area contributed by atoms with E-state index in [2.05, 4.69) is 0 Å². The minimum absolute atomic E-state index is 0. The molecule has 0 fully saturated rings. The summed E-state index contributed by atoms with van der Waals surface area (Å²) in [5, 5.41) is 37.3. The fraction of sp³-hybridized carbons (Fsp3) is 0.714. The average molecular weight is 539 g/mol. The predicted octanol–water partition coefficient (Wildman–Crippen LogP) is -1.13. The number of Topliss-reactive ketones (excluding diaryl/α,β-unsaturated/α-hetero) is 3. The van der Waals surface area contributed by atoms with E-state index in [1.807, 2.05) is 20.8 Å². The number of rotatable bonds is 12. The number of aliphatic hydroxyl groups excluding tert-OH is 1. The Morgan fingerprint density at radius 2 is 0.750 bits per heavy atom. The Labute approximate surface area is 208 Å². The van der Waals surface area contributed by atoms with Crippen molar-refractivity contribution in [2.24, 2.45) is 0 Å². The van der Waals surface area contributed by atoms with Crippen molar-refractivity contribution in [3.05, 3.63) is 0 Å². The van der Waals surface area contributed by atoms with Gasteiger partial charge in [-0.2, -0.15) is 0 Å². The van der Waals surface area contributed by atoms with Gasteiger partial charge in [-0.25, -0.2) is 0 Å². The van der Waals surface area contributed by atoms with Crippen molar-refractivity contribution in [3.63, 3.8) is 0 Å². The van der Waals surface area contributed by atoms with Crippen molar-refractivity contribution in [2.75, 3.05) is 0 Å². The maximum atomic E-state index is 10.4. The summed E-state index contributed by atoms with van der Waals surface area (Å²) in [4.78, 5) is 60.6. The molecule has 0 aliphatic rings. The van der Waals surface area contributed by atoms with Gasteiger partial charge < -0.3 is 34.8 Å². The van der Waals surface area contributed by atoms with E-state index in [4.69, 9.17) is 5.11 Å². The van der Waals surface area contributed by atoms with Crippen molar-refractivity contribution >= 4 is 35.3 Å². The number of hydrogen-bond donors (Lipinski definition) is 1. The topological polar surface area (TPSA) is 192 Å². The molecule has 32 heavy (non-hydrogen) atoms. The molecule has 0 saturated heterocycles. The van der Waals surface area contributed by atoms with Crippen LogP contribution < -0.4 is 15.3 Å². The summed E-state index contributed by atoms with van der Waals surface area (Å²) in [7, 11) is 0. The van der Waals surface area contributed by atoms with Crippen LogP contribution in [0.2, 0.25) is 0 Å². The first-order valence-electron chi connectivity index (χ1n) is 10.1. The summed E-state index contributed by atoms with van der Waals surface area (Å²) >= 11 is 0. The molecule has 0 amide bonds. The Bertz CT molecular complexity index is 471. The quantitative estimate of drug-likeness (QED) is 0.297. The van der Waals surface area contributed by atoms with Crippen LogP contribution in [0, 0.1) is 0 Å². The zero-order valence-corrected chi connectivity index (χ0v) is 22.0. The van der Waals surface area contributed by atoms with E-state index in [0.717, 1.165) is 0 Å². The van der Waals surface area contributed by atoms with E-state index in [1.165, 1.54) is 0 Å². The van der Waals surface area contributed by atoms with E-state index in [1.54, 1.807) is 13.8 Å². The molecule has 0 heterocycles. The monoisotopic (exact) mass is 537 g/mol. The van der Waals surface area contributed by atoms with Gasteiger partial charge >= 0.3 is 26.2 Å². The Hall–Kier alpha value is -1.74. The molecular weight excluding hydrogens is 503 g/mol. The van der Waals surface area contributed by atoms with Gasteiger partial charge in [0.2, 0.25) is 0 Å². The minimum Gasteiger partial charge on any atom is -0.550 e. The van der Waals surface area contributed by atoms with Crippen molar-refractivity contribution in [2.45, 2.75) is 98.5 Å². The summed E-state index contributed by atoms with van der Waals surface area (Å²) in [5.41, 5.74) is 0. The summed E-state index contributed by atoms with van der Waals surface area (Å²) < 4.78 is 0. The van der Waals surface area contributed by atoms with Crippen LogP contribution in [0.15, 0.2) is 0 Å². The van der Waals surface area contributed by atoms with Crippen LogP contribution in [0.5, 0.6) is 0 Å². The van der Waals surface area contributed by atoms with E-state index in [0.29, 0.717) is 38.5 Å². The van der Waals surface area contributed by atoms with Crippen LogP contribution in [-0.2, 0) is 55.0 Å². The molecule has 0 spiro atoms. The zero-order valence-electron chi connectivity index (χ0n) is 19.6. The van der Waals surface area contributed by atoms with E-state index >= 15 is 0 Å². The zero-order chi connectivity index (χ0) is 25.4. The molecule has 183 valence electrons. The molecule has 0 aliphatic carbocycles. The Balaban J connectivity index is -0.000000104. The van der Waals surface area contributed by atoms with Crippen molar-refractivity contribution in [3.8, 4) is 0 Å². The molecule has 11 heteroatoms. The maximum absolute atomic E-state index is 10.4. The molecule has 0 bridgehead atoms. The van der Waals surface area contributed by atoms with E-state index in [9.17, 15) is 44.1 Å². The van der Waals surface area contributed by atoms with Gasteiger partial charge in [-0.05, 0) is 33.1 Å². The van der Waals surface area contributed by atoms with Gasteiger partial charge in [0, 0.05) is 62.5 Å². The van der Waals surface area contributed by atoms with Crippen LogP contribution in [0.25, 0.3) is 0 Å². The third kappa shape index (κ3) is 56.6. The Morgan fingerprint density at radius 1 is 0.594 bits per heavy atom. The summed E-state index contributed by atoms with van der Waals surface area (Å²) in [6.07, 6.45) is 1.65. The molecule has 0 saturated carbocycles. The largest absolute Gasteiger partial charge is 3.00 e. The summed E-state index contributed by atoms with van der Waals surface area (Å²) in [5.74, 6) is -4.61. The van der Waals surface area contributed by atoms with Crippen LogP contribution in [0.3, 0.4) is 0 Å². The number of carbonyl (C=O) groups excluding carboxylic acids is 6. The number of carboxylic acid groups (broad SMARTS) is 3. The molecule has 0 aliphatic heterocycles. The summed E-state index contributed by atoms with van der Waals surface area (Å²) in [6.45, 7) is 8.92. The first kappa shape index (κ1) is 40.6. The second-order valence-electron chi connectivity index (χ2n) is 6.61. The second kappa shape index (κ2) is 29.3. The van der Waals surface area contributed by atoms with Gasteiger partial charge in [0.25, 0.3) is 0 Å². The van der Waals surface area contributed by atoms with Crippen LogP contribution >= 0.6 is 0 Å². The van der Waals surface area contributed by atoms with Gasteiger partial charge in [-0.15, -0.1) is 0 Å². The van der Waals surface area contributed by atoms with Crippen LogP contribution in [0.1, 0.15) is 92.4 Å². The van der Waals surface area contributed by atoms with Gasteiger partial charge in [0.05, 0.1) is 0 Å². The molecule has 0 rings (SSSR count). The molecule has 0 aromatic rings. The van der Waals surface area contributed by atoms with E-state index < -0.39 is 37.2 Å². The second-order valence-corrected chi connectivity index (χ2v) is 6.61. The number of carbonyl (C=O) groups is 6. The normalized spacial score (nSPS) is 8.72. The SMILES string of the molecule is CC(C)O.CCCC(=O)CC(=O)[O-].CCCC(=O)CC(=O)[O-].CCCC(=O)CC(=O)[O-].[Zr+3]. The van der Waals surface area contributed by atoms with Gasteiger partial charge in [-0.1, -0.05) is 20.8 Å².